The first-order valence-electron chi connectivity index (χ1n) is 5.06. The average molecular weight is 215 g/mol. The van der Waals surface area contributed by atoms with Crippen molar-refractivity contribution in [3.05, 3.63) is 35.7 Å². The predicted octanol–water partition coefficient (Wildman–Crippen LogP) is 1.76. The van der Waals surface area contributed by atoms with Crippen LogP contribution in [0.5, 0.6) is 0 Å². The maximum atomic E-state index is 10.6. The van der Waals surface area contributed by atoms with Crippen LogP contribution >= 0.6 is 0 Å². The Hall–Kier alpha value is -2.10. The molecule has 0 fully saturated rings. The SMILES string of the molecule is Cc1nc2ccc(C=CCC(N)=O)cc2[nH]1. The highest BCUT2D eigenvalue weighted by atomic mass is 16.1. The van der Waals surface area contributed by atoms with E-state index in [2.05, 4.69) is 9.97 Å². The monoisotopic (exact) mass is 215 g/mol. The van der Waals surface area contributed by atoms with Crippen LogP contribution in [-0.4, -0.2) is 15.9 Å². The fourth-order valence-corrected chi connectivity index (χ4v) is 1.57. The largest absolute Gasteiger partial charge is 0.369 e. The van der Waals surface area contributed by atoms with Crippen molar-refractivity contribution < 1.29 is 4.79 Å². The lowest BCUT2D eigenvalue weighted by Gasteiger charge is -1.93. The number of hydrogen-bond acceptors (Lipinski definition) is 2. The van der Waals surface area contributed by atoms with E-state index >= 15 is 0 Å². The Balaban J connectivity index is 2.25. The van der Waals surface area contributed by atoms with E-state index in [-0.39, 0.29) is 12.3 Å². The zero-order valence-corrected chi connectivity index (χ0v) is 9.03. The van der Waals surface area contributed by atoms with Crippen LogP contribution in [-0.2, 0) is 4.79 Å². The maximum Gasteiger partial charge on any atom is 0.221 e. The molecule has 2 aromatic rings. The van der Waals surface area contributed by atoms with Crippen molar-refractivity contribution in [3.63, 3.8) is 0 Å². The molecule has 1 aromatic carbocycles. The number of H-pyrrole nitrogens is 1. The number of primary amides is 1. The van der Waals surface area contributed by atoms with E-state index in [1.54, 1.807) is 6.08 Å². The summed E-state index contributed by atoms with van der Waals surface area (Å²) in [6.45, 7) is 1.92. The summed E-state index contributed by atoms with van der Waals surface area (Å²) >= 11 is 0. The van der Waals surface area contributed by atoms with Crippen molar-refractivity contribution in [2.75, 3.05) is 0 Å². The lowest BCUT2D eigenvalue weighted by molar-refractivity contribution is -0.117. The van der Waals surface area contributed by atoms with E-state index in [0.717, 1.165) is 22.4 Å². The van der Waals surface area contributed by atoms with Gasteiger partial charge >= 0.3 is 0 Å². The standard InChI is InChI=1S/C12H13N3O/c1-8-14-10-6-5-9(7-11(10)15-8)3-2-4-12(13)16/h2-3,5-7H,4H2,1H3,(H2,13,16)(H,14,15). The number of carbonyl (C=O) groups excluding carboxylic acids is 1. The zero-order chi connectivity index (χ0) is 11.5. The van der Waals surface area contributed by atoms with Gasteiger partial charge in [0.1, 0.15) is 5.82 Å². The molecule has 0 unspecified atom stereocenters. The molecule has 4 nitrogen and oxygen atoms in total. The molecule has 0 aliphatic heterocycles. The molecule has 2 rings (SSSR count). The summed E-state index contributed by atoms with van der Waals surface area (Å²) in [5, 5.41) is 0. The first kappa shape index (κ1) is 10.4. The van der Waals surface area contributed by atoms with Gasteiger partial charge in [-0.3, -0.25) is 4.79 Å². The van der Waals surface area contributed by atoms with Gasteiger partial charge in [-0.1, -0.05) is 18.2 Å². The Kier molecular flexibility index (Phi) is 2.72. The highest BCUT2D eigenvalue weighted by molar-refractivity contribution is 5.79. The topological polar surface area (TPSA) is 71.8 Å². The smallest absolute Gasteiger partial charge is 0.221 e. The van der Waals surface area contributed by atoms with Crippen molar-refractivity contribution in [2.24, 2.45) is 5.73 Å². The van der Waals surface area contributed by atoms with Gasteiger partial charge in [-0.05, 0) is 24.6 Å². The maximum absolute atomic E-state index is 10.6. The van der Waals surface area contributed by atoms with Crippen molar-refractivity contribution in [1.29, 1.82) is 0 Å². The third-order valence-corrected chi connectivity index (χ3v) is 2.25. The number of nitrogens with zero attached hydrogens (tertiary/aromatic N) is 1. The number of amides is 1. The second kappa shape index (κ2) is 4.18. The van der Waals surface area contributed by atoms with Crippen LogP contribution in [0.4, 0.5) is 0 Å². The van der Waals surface area contributed by atoms with E-state index in [9.17, 15) is 4.79 Å². The number of fused-ring (bicyclic) bond motifs is 1. The van der Waals surface area contributed by atoms with Gasteiger partial charge in [0.2, 0.25) is 5.91 Å². The van der Waals surface area contributed by atoms with E-state index in [0.29, 0.717) is 0 Å². The number of imidazole rings is 1. The Morgan fingerprint density at radius 1 is 1.56 bits per heavy atom. The van der Waals surface area contributed by atoms with Gasteiger partial charge in [0, 0.05) is 6.42 Å². The van der Waals surface area contributed by atoms with Crippen molar-refractivity contribution in [2.45, 2.75) is 13.3 Å². The van der Waals surface area contributed by atoms with Crippen molar-refractivity contribution in [1.82, 2.24) is 9.97 Å². The summed E-state index contributed by atoms with van der Waals surface area (Å²) in [5.41, 5.74) is 8.02. The Morgan fingerprint density at radius 3 is 3.12 bits per heavy atom. The number of benzene rings is 1. The molecule has 1 aromatic heterocycles. The number of aromatic amines is 1. The molecular formula is C12H13N3O. The highest BCUT2D eigenvalue weighted by Gasteiger charge is 1.98. The molecule has 0 bridgehead atoms. The Bertz CT molecular complexity index is 554. The second-order valence-corrected chi connectivity index (χ2v) is 3.67. The van der Waals surface area contributed by atoms with Crippen LogP contribution in [0.15, 0.2) is 24.3 Å². The molecule has 16 heavy (non-hydrogen) atoms. The molecule has 82 valence electrons. The van der Waals surface area contributed by atoms with Gasteiger partial charge < -0.3 is 10.7 Å². The van der Waals surface area contributed by atoms with E-state index in [4.69, 9.17) is 5.73 Å². The third kappa shape index (κ3) is 2.28. The molecule has 0 aliphatic carbocycles. The molecule has 1 heterocycles. The van der Waals surface area contributed by atoms with Gasteiger partial charge in [-0.15, -0.1) is 0 Å². The summed E-state index contributed by atoms with van der Waals surface area (Å²) in [7, 11) is 0. The Labute approximate surface area is 93.2 Å². The fraction of sp³-hybridized carbons (Fsp3) is 0.167. The minimum Gasteiger partial charge on any atom is -0.369 e. The fourth-order valence-electron chi connectivity index (χ4n) is 1.57. The van der Waals surface area contributed by atoms with Gasteiger partial charge in [-0.2, -0.15) is 0 Å². The number of nitrogens with two attached hydrogens (primary N) is 1. The molecule has 0 atom stereocenters. The summed E-state index contributed by atoms with van der Waals surface area (Å²) in [5.74, 6) is 0.572. The van der Waals surface area contributed by atoms with Crippen LogP contribution in [0.25, 0.3) is 17.1 Å². The molecular weight excluding hydrogens is 202 g/mol. The van der Waals surface area contributed by atoms with E-state index < -0.39 is 0 Å². The van der Waals surface area contributed by atoms with Crippen LogP contribution in [0.2, 0.25) is 0 Å². The van der Waals surface area contributed by atoms with Gasteiger partial charge in [0.15, 0.2) is 0 Å². The molecule has 0 radical (unpaired) electrons. The molecule has 0 saturated carbocycles. The lowest BCUT2D eigenvalue weighted by atomic mass is 10.2. The number of aryl methyl sites for hydroxylation is 1. The van der Waals surface area contributed by atoms with Crippen LogP contribution in [0.1, 0.15) is 17.8 Å². The normalized spacial score (nSPS) is 11.3. The van der Waals surface area contributed by atoms with Crippen LogP contribution in [0.3, 0.4) is 0 Å². The van der Waals surface area contributed by atoms with Crippen molar-refractivity contribution >= 4 is 23.0 Å². The highest BCUT2D eigenvalue weighted by Crippen LogP contribution is 2.14. The minimum absolute atomic E-state index is 0.264. The number of carbonyl (C=O) groups is 1. The molecule has 1 amide bonds. The summed E-state index contributed by atoms with van der Waals surface area (Å²) in [6.07, 6.45) is 3.90. The van der Waals surface area contributed by atoms with Crippen molar-refractivity contribution in [3.8, 4) is 0 Å². The van der Waals surface area contributed by atoms with Gasteiger partial charge in [0.05, 0.1) is 11.0 Å². The summed E-state index contributed by atoms with van der Waals surface area (Å²) in [4.78, 5) is 18.0. The predicted molar refractivity (Wildman–Crippen MR) is 63.7 cm³/mol. The summed E-state index contributed by atoms with van der Waals surface area (Å²) in [6, 6.07) is 5.90. The van der Waals surface area contributed by atoms with Gasteiger partial charge in [0.25, 0.3) is 0 Å². The molecule has 0 aliphatic rings. The number of aromatic nitrogens is 2. The quantitative estimate of drug-likeness (QED) is 0.818. The Morgan fingerprint density at radius 2 is 2.38 bits per heavy atom. The molecule has 0 spiro atoms. The van der Waals surface area contributed by atoms with Gasteiger partial charge in [-0.25, -0.2) is 4.98 Å². The number of hydrogen-bond donors (Lipinski definition) is 2. The van der Waals surface area contributed by atoms with E-state index in [1.165, 1.54) is 0 Å². The second-order valence-electron chi connectivity index (χ2n) is 3.67. The van der Waals surface area contributed by atoms with Crippen LogP contribution < -0.4 is 5.73 Å². The first-order chi connectivity index (χ1) is 7.65. The third-order valence-electron chi connectivity index (χ3n) is 2.25. The molecule has 3 N–H and O–H groups in total. The average Bonchev–Trinajstić information content (AvgIpc) is 2.56. The number of rotatable bonds is 3. The molecule has 0 saturated heterocycles. The van der Waals surface area contributed by atoms with Crippen LogP contribution in [0, 0.1) is 6.92 Å². The van der Waals surface area contributed by atoms with E-state index in [1.807, 2.05) is 31.2 Å². The summed E-state index contributed by atoms with van der Waals surface area (Å²) < 4.78 is 0. The number of nitrogens with one attached hydrogen (secondary N) is 1. The first-order valence-corrected chi connectivity index (χ1v) is 5.06. The zero-order valence-electron chi connectivity index (χ0n) is 9.03. The molecule has 4 heteroatoms. The minimum atomic E-state index is -0.324. The lowest BCUT2D eigenvalue weighted by Crippen LogP contribution is -2.07.